The third-order valence-corrected chi connectivity index (χ3v) is 6.67. The van der Waals surface area contributed by atoms with Crippen molar-refractivity contribution in [3.05, 3.63) is 82.6 Å². The van der Waals surface area contributed by atoms with Gasteiger partial charge in [0.2, 0.25) is 0 Å². The van der Waals surface area contributed by atoms with Crippen LogP contribution in [-0.2, 0) is 13.1 Å². The van der Waals surface area contributed by atoms with E-state index in [2.05, 4.69) is 18.4 Å². The number of ether oxygens (including phenoxy) is 2. The molecule has 0 saturated heterocycles. The standard InChI is InChI=1S/C29H32ClN3O4/c1-19(2)14-15-32(29(35)22-12-13-25(36-3)28(37-4)27(22)30)18-26-31-23-10-5-6-11-24(23)33(26)17-20-8-7-9-21(34)16-20/h5-13,16,19,34H,14-15,17-18H2,1-4H3. The monoisotopic (exact) mass is 521 g/mol. The molecule has 8 heteroatoms. The van der Waals surface area contributed by atoms with E-state index < -0.39 is 0 Å². The fourth-order valence-electron chi connectivity index (χ4n) is 4.32. The number of amides is 1. The Morgan fingerprint density at radius 2 is 1.86 bits per heavy atom. The first-order valence-electron chi connectivity index (χ1n) is 12.2. The summed E-state index contributed by atoms with van der Waals surface area (Å²) in [4.78, 5) is 20.5. The van der Waals surface area contributed by atoms with Crippen LogP contribution < -0.4 is 9.47 Å². The van der Waals surface area contributed by atoms with Crippen LogP contribution in [0.2, 0.25) is 5.02 Å². The number of methoxy groups -OCH3 is 2. The predicted octanol–water partition coefficient (Wildman–Crippen LogP) is 6.15. The van der Waals surface area contributed by atoms with Crippen molar-refractivity contribution >= 4 is 28.5 Å². The quantitative estimate of drug-likeness (QED) is 0.271. The summed E-state index contributed by atoms with van der Waals surface area (Å²) in [5.74, 6) is 1.95. The molecular formula is C29H32ClN3O4. The first-order chi connectivity index (χ1) is 17.8. The summed E-state index contributed by atoms with van der Waals surface area (Å²) in [5, 5.41) is 10.2. The van der Waals surface area contributed by atoms with Gasteiger partial charge in [-0.25, -0.2) is 4.98 Å². The Morgan fingerprint density at radius 3 is 2.57 bits per heavy atom. The van der Waals surface area contributed by atoms with Crippen LogP contribution >= 0.6 is 11.6 Å². The number of hydrogen-bond acceptors (Lipinski definition) is 5. The fourth-order valence-corrected chi connectivity index (χ4v) is 4.64. The summed E-state index contributed by atoms with van der Waals surface area (Å²) < 4.78 is 12.9. The van der Waals surface area contributed by atoms with Crippen LogP contribution in [0.3, 0.4) is 0 Å². The number of benzene rings is 3. The molecule has 1 aromatic heterocycles. The minimum Gasteiger partial charge on any atom is -0.508 e. The molecule has 7 nitrogen and oxygen atoms in total. The molecule has 0 atom stereocenters. The molecule has 0 bridgehead atoms. The normalized spacial score (nSPS) is 11.2. The number of fused-ring (bicyclic) bond motifs is 1. The molecule has 0 aliphatic rings. The van der Waals surface area contributed by atoms with Gasteiger partial charge < -0.3 is 24.0 Å². The Hall–Kier alpha value is -3.71. The van der Waals surface area contributed by atoms with Crippen LogP contribution in [0, 0.1) is 5.92 Å². The molecule has 1 heterocycles. The zero-order valence-electron chi connectivity index (χ0n) is 21.6. The largest absolute Gasteiger partial charge is 0.508 e. The van der Waals surface area contributed by atoms with Gasteiger partial charge in [0, 0.05) is 13.1 Å². The smallest absolute Gasteiger partial charge is 0.255 e. The average Bonchev–Trinajstić information content (AvgIpc) is 3.22. The zero-order valence-corrected chi connectivity index (χ0v) is 22.3. The van der Waals surface area contributed by atoms with Gasteiger partial charge in [0.25, 0.3) is 5.91 Å². The molecule has 4 aromatic rings. The number of aromatic hydroxyl groups is 1. The second-order valence-electron chi connectivity index (χ2n) is 9.34. The summed E-state index contributed by atoms with van der Waals surface area (Å²) >= 11 is 6.62. The fraction of sp³-hybridized carbons (Fsp3) is 0.310. The summed E-state index contributed by atoms with van der Waals surface area (Å²) in [6.45, 7) is 5.60. The number of hydrogen-bond donors (Lipinski definition) is 1. The van der Waals surface area contributed by atoms with Crippen molar-refractivity contribution in [2.24, 2.45) is 5.92 Å². The lowest BCUT2D eigenvalue weighted by Gasteiger charge is -2.25. The van der Waals surface area contributed by atoms with Gasteiger partial charge in [-0.1, -0.05) is 49.7 Å². The minimum absolute atomic E-state index is 0.206. The highest BCUT2D eigenvalue weighted by Crippen LogP contribution is 2.38. The van der Waals surface area contributed by atoms with Crippen molar-refractivity contribution in [2.45, 2.75) is 33.4 Å². The number of imidazole rings is 1. The second kappa shape index (κ2) is 11.6. The van der Waals surface area contributed by atoms with E-state index >= 15 is 0 Å². The number of aromatic nitrogens is 2. The molecule has 0 unspecified atom stereocenters. The van der Waals surface area contributed by atoms with Gasteiger partial charge in [-0.15, -0.1) is 0 Å². The molecule has 0 aliphatic carbocycles. The molecule has 0 fully saturated rings. The van der Waals surface area contributed by atoms with Crippen molar-refractivity contribution in [3.63, 3.8) is 0 Å². The van der Waals surface area contributed by atoms with Crippen molar-refractivity contribution in [2.75, 3.05) is 20.8 Å². The topological polar surface area (TPSA) is 76.8 Å². The summed E-state index contributed by atoms with van der Waals surface area (Å²) in [6, 6.07) is 18.4. The third kappa shape index (κ3) is 5.83. The lowest BCUT2D eigenvalue weighted by atomic mass is 10.1. The Labute approximate surface area is 222 Å². The van der Waals surface area contributed by atoms with Gasteiger partial charge in [-0.3, -0.25) is 4.79 Å². The van der Waals surface area contributed by atoms with Crippen LogP contribution in [-0.4, -0.2) is 46.2 Å². The molecular weight excluding hydrogens is 490 g/mol. The lowest BCUT2D eigenvalue weighted by Crippen LogP contribution is -2.33. The maximum Gasteiger partial charge on any atom is 0.255 e. The van der Waals surface area contributed by atoms with Gasteiger partial charge in [-0.05, 0) is 54.3 Å². The highest BCUT2D eigenvalue weighted by Gasteiger charge is 2.25. The molecule has 3 aromatic carbocycles. The third-order valence-electron chi connectivity index (χ3n) is 6.30. The molecule has 194 valence electrons. The number of halogens is 1. The first-order valence-corrected chi connectivity index (χ1v) is 12.6. The Morgan fingerprint density at radius 1 is 1.08 bits per heavy atom. The van der Waals surface area contributed by atoms with E-state index in [-0.39, 0.29) is 16.7 Å². The molecule has 0 spiro atoms. The molecule has 0 radical (unpaired) electrons. The summed E-state index contributed by atoms with van der Waals surface area (Å²) in [6.07, 6.45) is 0.823. The first kappa shape index (κ1) is 26.4. The van der Waals surface area contributed by atoms with E-state index in [1.165, 1.54) is 14.2 Å². The van der Waals surface area contributed by atoms with Crippen LogP contribution in [0.4, 0.5) is 0 Å². The van der Waals surface area contributed by atoms with Crippen molar-refractivity contribution in [1.29, 1.82) is 0 Å². The Bertz CT molecular complexity index is 1400. The SMILES string of the molecule is COc1ccc(C(=O)N(CCC(C)C)Cc2nc3ccccc3n2Cc2cccc(O)c2)c(Cl)c1OC. The van der Waals surface area contributed by atoms with Gasteiger partial charge in [0.1, 0.15) is 11.6 Å². The summed E-state index contributed by atoms with van der Waals surface area (Å²) in [5.41, 5.74) is 3.09. The number of carbonyl (C=O) groups is 1. The van der Waals surface area contributed by atoms with Crippen molar-refractivity contribution < 1.29 is 19.4 Å². The molecule has 37 heavy (non-hydrogen) atoms. The highest BCUT2D eigenvalue weighted by atomic mass is 35.5. The number of carbonyl (C=O) groups excluding carboxylic acids is 1. The van der Waals surface area contributed by atoms with E-state index in [1.807, 2.05) is 36.4 Å². The van der Waals surface area contributed by atoms with E-state index in [4.69, 9.17) is 26.1 Å². The van der Waals surface area contributed by atoms with Gasteiger partial charge in [0.15, 0.2) is 11.5 Å². The minimum atomic E-state index is -0.206. The maximum absolute atomic E-state index is 13.9. The number of rotatable bonds is 10. The molecule has 4 rings (SSSR count). The van der Waals surface area contributed by atoms with Crippen LogP contribution in [0.5, 0.6) is 17.2 Å². The van der Waals surface area contributed by atoms with Crippen LogP contribution in [0.25, 0.3) is 11.0 Å². The molecule has 0 saturated carbocycles. The molecule has 1 amide bonds. The summed E-state index contributed by atoms with van der Waals surface area (Å²) in [7, 11) is 3.03. The average molecular weight is 522 g/mol. The maximum atomic E-state index is 13.9. The van der Waals surface area contributed by atoms with E-state index in [9.17, 15) is 9.90 Å². The molecule has 0 aliphatic heterocycles. The zero-order chi connectivity index (χ0) is 26.5. The number of para-hydroxylation sites is 2. The van der Waals surface area contributed by atoms with Gasteiger partial charge in [0.05, 0.1) is 42.4 Å². The van der Waals surface area contributed by atoms with Crippen molar-refractivity contribution in [3.8, 4) is 17.2 Å². The number of phenols is 1. The second-order valence-corrected chi connectivity index (χ2v) is 9.72. The van der Waals surface area contributed by atoms with E-state index in [0.29, 0.717) is 42.6 Å². The Balaban J connectivity index is 1.74. The highest BCUT2D eigenvalue weighted by molar-refractivity contribution is 6.35. The molecule has 1 N–H and O–H groups in total. The van der Waals surface area contributed by atoms with Crippen LogP contribution in [0.15, 0.2) is 60.7 Å². The number of nitrogens with zero attached hydrogens (tertiary/aromatic N) is 3. The Kier molecular flexibility index (Phi) is 8.24. The predicted molar refractivity (Wildman–Crippen MR) is 146 cm³/mol. The van der Waals surface area contributed by atoms with E-state index in [1.54, 1.807) is 29.2 Å². The number of phenolic OH excluding ortho intramolecular Hbond substituents is 1. The van der Waals surface area contributed by atoms with Crippen LogP contribution in [0.1, 0.15) is 42.0 Å². The van der Waals surface area contributed by atoms with E-state index in [0.717, 1.165) is 28.8 Å². The van der Waals surface area contributed by atoms with Crippen molar-refractivity contribution in [1.82, 2.24) is 14.5 Å². The van der Waals surface area contributed by atoms with Gasteiger partial charge in [-0.2, -0.15) is 0 Å². The lowest BCUT2D eigenvalue weighted by molar-refractivity contribution is 0.0729. The van der Waals surface area contributed by atoms with Gasteiger partial charge >= 0.3 is 0 Å².